The van der Waals surface area contributed by atoms with Crippen LogP contribution in [-0.4, -0.2) is 35.4 Å². The Morgan fingerprint density at radius 1 is 1.28 bits per heavy atom. The second-order valence-corrected chi connectivity index (χ2v) is 6.76. The fourth-order valence-corrected chi connectivity index (χ4v) is 2.47. The molecule has 2 rings (SSSR count). The molecule has 0 spiro atoms. The van der Waals surface area contributed by atoms with Crippen molar-refractivity contribution >= 4 is 17.5 Å². The number of aromatic nitrogens is 1. The molecule has 1 unspecified atom stereocenters. The van der Waals surface area contributed by atoms with Gasteiger partial charge in [-0.05, 0) is 42.7 Å². The predicted octanol–water partition coefficient (Wildman–Crippen LogP) is 3.97. The van der Waals surface area contributed by atoms with Gasteiger partial charge in [-0.2, -0.15) is 0 Å². The van der Waals surface area contributed by atoms with Gasteiger partial charge in [0.25, 0.3) is 5.91 Å². The first-order valence-corrected chi connectivity index (χ1v) is 8.64. The number of nitrogens with zero attached hydrogens (tertiary/aromatic N) is 2. The zero-order valence-corrected chi connectivity index (χ0v) is 15.5. The molecule has 0 aliphatic carbocycles. The van der Waals surface area contributed by atoms with Crippen molar-refractivity contribution < 1.29 is 9.53 Å². The van der Waals surface area contributed by atoms with Crippen molar-refractivity contribution in [3.63, 3.8) is 0 Å². The quantitative estimate of drug-likeness (QED) is 0.810. The van der Waals surface area contributed by atoms with Crippen molar-refractivity contribution in [3.05, 3.63) is 53.3 Å². The van der Waals surface area contributed by atoms with E-state index < -0.39 is 0 Å². The smallest absolute Gasteiger partial charge is 0.253 e. The summed E-state index contributed by atoms with van der Waals surface area (Å²) in [5.41, 5.74) is 6.56. The third-order valence-corrected chi connectivity index (χ3v) is 4.35. The van der Waals surface area contributed by atoms with Gasteiger partial charge in [0.15, 0.2) is 0 Å². The highest BCUT2D eigenvalue weighted by Crippen LogP contribution is 2.30. The van der Waals surface area contributed by atoms with Gasteiger partial charge in [-0.1, -0.05) is 25.4 Å². The highest BCUT2D eigenvalue weighted by Gasteiger charge is 2.16. The molecule has 1 heterocycles. The molecule has 134 valence electrons. The van der Waals surface area contributed by atoms with Crippen molar-refractivity contribution in [1.29, 1.82) is 0 Å². The number of nitrogens with two attached hydrogens (primary N) is 1. The van der Waals surface area contributed by atoms with E-state index in [-0.39, 0.29) is 11.9 Å². The second kappa shape index (κ2) is 8.83. The molecule has 0 saturated heterocycles. The van der Waals surface area contributed by atoms with Crippen LogP contribution < -0.4 is 10.5 Å². The average molecular weight is 362 g/mol. The predicted molar refractivity (Wildman–Crippen MR) is 100 cm³/mol. The molecular formula is C19H24ClN3O2. The van der Waals surface area contributed by atoms with Crippen LogP contribution in [0, 0.1) is 5.92 Å². The van der Waals surface area contributed by atoms with E-state index in [0.717, 1.165) is 6.42 Å². The summed E-state index contributed by atoms with van der Waals surface area (Å²) in [7, 11) is 1.77. The van der Waals surface area contributed by atoms with Crippen LogP contribution in [0.25, 0.3) is 0 Å². The highest BCUT2D eigenvalue weighted by molar-refractivity contribution is 6.32. The maximum atomic E-state index is 12.5. The molecular weight excluding hydrogens is 338 g/mol. The fraction of sp³-hybridized carbons (Fsp3) is 0.368. The summed E-state index contributed by atoms with van der Waals surface area (Å²) in [5, 5.41) is 0.384. The van der Waals surface area contributed by atoms with E-state index in [1.807, 2.05) is 0 Å². The van der Waals surface area contributed by atoms with Crippen LogP contribution in [0.5, 0.6) is 11.5 Å². The Labute approximate surface area is 153 Å². The molecule has 0 saturated carbocycles. The molecule has 0 aliphatic heterocycles. The maximum absolute atomic E-state index is 12.5. The molecule has 25 heavy (non-hydrogen) atoms. The minimum Gasteiger partial charge on any atom is -0.456 e. The first-order chi connectivity index (χ1) is 11.9. The summed E-state index contributed by atoms with van der Waals surface area (Å²) in [5.74, 6) is 1.43. The zero-order valence-electron chi connectivity index (χ0n) is 14.8. The van der Waals surface area contributed by atoms with E-state index in [0.29, 0.717) is 34.5 Å². The van der Waals surface area contributed by atoms with Gasteiger partial charge in [-0.15, -0.1) is 0 Å². The Kier molecular flexibility index (Phi) is 6.79. The molecule has 1 amide bonds. The highest BCUT2D eigenvalue weighted by atomic mass is 35.5. The molecule has 2 N–H and O–H groups in total. The molecule has 0 radical (unpaired) electrons. The summed E-state index contributed by atoms with van der Waals surface area (Å²) in [4.78, 5) is 18.1. The number of amides is 1. The normalized spacial score (nSPS) is 12.1. The molecule has 2 aromatic rings. The minimum atomic E-state index is -0.0895. The van der Waals surface area contributed by atoms with Crippen molar-refractivity contribution in [3.8, 4) is 11.5 Å². The number of ether oxygens (including phenoxy) is 1. The van der Waals surface area contributed by atoms with Gasteiger partial charge < -0.3 is 15.4 Å². The minimum absolute atomic E-state index is 0.0787. The van der Waals surface area contributed by atoms with E-state index in [1.54, 1.807) is 54.7 Å². The summed E-state index contributed by atoms with van der Waals surface area (Å²) in [6.45, 7) is 4.76. The first kappa shape index (κ1) is 19.2. The number of carbonyl (C=O) groups excluding carboxylic acids is 1. The van der Waals surface area contributed by atoms with Crippen LogP contribution in [0.4, 0.5) is 0 Å². The van der Waals surface area contributed by atoms with Crippen molar-refractivity contribution in [2.75, 3.05) is 13.6 Å². The molecule has 0 aliphatic rings. The van der Waals surface area contributed by atoms with Crippen molar-refractivity contribution in [1.82, 2.24) is 9.88 Å². The Morgan fingerprint density at radius 3 is 2.56 bits per heavy atom. The number of hydrogen-bond donors (Lipinski definition) is 1. The summed E-state index contributed by atoms with van der Waals surface area (Å²) >= 11 is 6.27. The summed E-state index contributed by atoms with van der Waals surface area (Å²) < 4.78 is 5.70. The number of carbonyl (C=O) groups is 1. The largest absolute Gasteiger partial charge is 0.456 e. The molecule has 1 atom stereocenters. The second-order valence-electron chi connectivity index (χ2n) is 6.35. The number of pyridine rings is 1. The third-order valence-electron chi connectivity index (χ3n) is 4.06. The van der Waals surface area contributed by atoms with Gasteiger partial charge >= 0.3 is 0 Å². The monoisotopic (exact) mass is 361 g/mol. The molecule has 1 aromatic carbocycles. The van der Waals surface area contributed by atoms with E-state index in [1.165, 1.54) is 0 Å². The molecule has 1 aromatic heterocycles. The Hall–Kier alpha value is -2.11. The van der Waals surface area contributed by atoms with Crippen molar-refractivity contribution in [2.24, 2.45) is 11.7 Å². The lowest BCUT2D eigenvalue weighted by Gasteiger charge is -2.22. The van der Waals surface area contributed by atoms with Gasteiger partial charge in [0.2, 0.25) is 0 Å². The number of rotatable bonds is 7. The van der Waals surface area contributed by atoms with E-state index in [2.05, 4.69) is 18.8 Å². The van der Waals surface area contributed by atoms with E-state index in [9.17, 15) is 4.79 Å². The lowest BCUT2D eigenvalue weighted by atomic mass is 10.0. The van der Waals surface area contributed by atoms with E-state index >= 15 is 0 Å². The Morgan fingerprint density at radius 2 is 1.96 bits per heavy atom. The fourth-order valence-electron chi connectivity index (χ4n) is 2.25. The molecule has 0 fully saturated rings. The number of halogens is 1. The Balaban J connectivity index is 2.02. The molecule has 5 nitrogen and oxygen atoms in total. The van der Waals surface area contributed by atoms with Crippen LogP contribution >= 0.6 is 11.6 Å². The SMILES string of the molecule is CC(C)C(N)CCN(C)C(=O)c1ccc(Oc2ccncc2)c(Cl)c1. The third kappa shape index (κ3) is 5.44. The van der Waals surface area contributed by atoms with Crippen molar-refractivity contribution in [2.45, 2.75) is 26.3 Å². The van der Waals surface area contributed by atoms with Crippen LogP contribution in [0.2, 0.25) is 5.02 Å². The summed E-state index contributed by atoms with van der Waals surface area (Å²) in [6, 6.07) is 8.59. The van der Waals surface area contributed by atoms with Crippen LogP contribution in [0.3, 0.4) is 0 Å². The van der Waals surface area contributed by atoms with Gasteiger partial charge in [0.05, 0.1) is 5.02 Å². The number of hydrogen-bond acceptors (Lipinski definition) is 4. The van der Waals surface area contributed by atoms with Crippen LogP contribution in [-0.2, 0) is 0 Å². The zero-order chi connectivity index (χ0) is 18.4. The lowest BCUT2D eigenvalue weighted by molar-refractivity contribution is 0.0789. The maximum Gasteiger partial charge on any atom is 0.253 e. The Bertz CT molecular complexity index is 707. The lowest BCUT2D eigenvalue weighted by Crippen LogP contribution is -2.34. The van der Waals surface area contributed by atoms with Crippen LogP contribution in [0.1, 0.15) is 30.6 Å². The van der Waals surface area contributed by atoms with Gasteiger partial charge in [0.1, 0.15) is 11.5 Å². The van der Waals surface area contributed by atoms with Gasteiger partial charge in [-0.25, -0.2) is 0 Å². The standard InChI is InChI=1S/C19H24ClN3O2/c1-13(2)17(21)8-11-23(3)19(24)14-4-5-18(16(20)12-14)25-15-6-9-22-10-7-15/h4-7,9-10,12-13,17H,8,11,21H2,1-3H3. The van der Waals surface area contributed by atoms with Gasteiger partial charge in [-0.3, -0.25) is 9.78 Å². The average Bonchev–Trinajstić information content (AvgIpc) is 2.61. The van der Waals surface area contributed by atoms with Gasteiger partial charge in [0, 0.05) is 37.6 Å². The number of benzene rings is 1. The van der Waals surface area contributed by atoms with E-state index in [4.69, 9.17) is 22.1 Å². The topological polar surface area (TPSA) is 68.5 Å². The van der Waals surface area contributed by atoms with Crippen LogP contribution in [0.15, 0.2) is 42.7 Å². The molecule has 0 bridgehead atoms. The first-order valence-electron chi connectivity index (χ1n) is 8.27. The summed E-state index contributed by atoms with van der Waals surface area (Å²) in [6.07, 6.45) is 4.03. The molecule has 6 heteroatoms.